The van der Waals surface area contributed by atoms with Gasteiger partial charge in [-0.05, 0) is 30.7 Å². The zero-order valence-corrected chi connectivity index (χ0v) is 9.70. The molecule has 0 aliphatic heterocycles. The minimum atomic E-state index is 0.235. The maximum Gasteiger partial charge on any atom is 0.115 e. The van der Waals surface area contributed by atoms with Gasteiger partial charge in [-0.2, -0.15) is 0 Å². The number of halogens is 1. The molecule has 2 N–H and O–H groups in total. The van der Waals surface area contributed by atoms with Crippen molar-refractivity contribution in [2.45, 2.75) is 6.92 Å². The van der Waals surface area contributed by atoms with Crippen LogP contribution < -0.4 is 5.73 Å². The van der Waals surface area contributed by atoms with E-state index in [9.17, 15) is 0 Å². The maximum atomic E-state index is 5.58. The molecule has 3 nitrogen and oxygen atoms in total. The zero-order valence-electron chi connectivity index (χ0n) is 8.94. The van der Waals surface area contributed by atoms with E-state index in [-0.39, 0.29) is 5.88 Å². The normalized spacial score (nSPS) is 12.0. The van der Waals surface area contributed by atoms with Crippen molar-refractivity contribution in [1.82, 2.24) is 4.98 Å². The molecule has 0 bridgehead atoms. The van der Waals surface area contributed by atoms with E-state index in [0.717, 1.165) is 16.6 Å². The van der Waals surface area contributed by atoms with E-state index in [1.54, 1.807) is 6.20 Å². The Bertz CT molecular complexity index is 549. The third-order valence-corrected chi connectivity index (χ3v) is 2.63. The first kappa shape index (κ1) is 10.9. The summed E-state index contributed by atoms with van der Waals surface area (Å²) in [6.45, 7) is 2.06. The predicted octanol–water partition coefficient (Wildman–Crippen LogP) is 2.77. The van der Waals surface area contributed by atoms with Crippen LogP contribution in [0.1, 0.15) is 5.56 Å². The molecule has 0 unspecified atom stereocenters. The van der Waals surface area contributed by atoms with Gasteiger partial charge in [0.25, 0.3) is 0 Å². The lowest BCUT2D eigenvalue weighted by atomic mass is 10.1. The lowest BCUT2D eigenvalue weighted by Gasteiger charge is -2.02. The van der Waals surface area contributed by atoms with Gasteiger partial charge in [0.05, 0.1) is 17.1 Å². The topological polar surface area (TPSA) is 51.3 Å². The van der Waals surface area contributed by atoms with Gasteiger partial charge in [0.1, 0.15) is 5.84 Å². The molecule has 0 saturated heterocycles. The number of nitrogens with two attached hydrogens (primary N) is 1. The van der Waals surface area contributed by atoms with Gasteiger partial charge in [0.15, 0.2) is 0 Å². The van der Waals surface area contributed by atoms with Crippen molar-refractivity contribution in [2.24, 2.45) is 10.7 Å². The summed E-state index contributed by atoms with van der Waals surface area (Å²) in [6.07, 6.45) is 1.79. The molecule has 0 atom stereocenters. The van der Waals surface area contributed by atoms with Crippen LogP contribution in [0.15, 0.2) is 35.5 Å². The quantitative estimate of drug-likeness (QED) is 0.493. The fourth-order valence-corrected chi connectivity index (χ4v) is 1.60. The highest BCUT2D eigenvalue weighted by Gasteiger charge is 1.99. The molecule has 0 saturated carbocycles. The Morgan fingerprint density at radius 2 is 2.25 bits per heavy atom. The van der Waals surface area contributed by atoms with Crippen LogP contribution in [0, 0.1) is 6.92 Å². The summed E-state index contributed by atoms with van der Waals surface area (Å²) >= 11 is 5.57. The smallest absolute Gasteiger partial charge is 0.115 e. The van der Waals surface area contributed by atoms with Crippen LogP contribution in [0.25, 0.3) is 10.9 Å². The fourth-order valence-electron chi connectivity index (χ4n) is 1.54. The molecule has 0 spiro atoms. The van der Waals surface area contributed by atoms with Crippen molar-refractivity contribution < 1.29 is 0 Å². The van der Waals surface area contributed by atoms with Crippen LogP contribution >= 0.6 is 11.6 Å². The standard InChI is InChI=1S/C12H12ClN3/c1-8-4-5-15-11-6-9(2-3-10(8)11)16-12(14)7-13/h2-6H,7H2,1H3,(H2,14,16). The Kier molecular flexibility index (Phi) is 3.06. The largest absolute Gasteiger partial charge is 0.386 e. The van der Waals surface area contributed by atoms with Crippen LogP contribution in [0.4, 0.5) is 5.69 Å². The number of aryl methyl sites for hydroxylation is 1. The van der Waals surface area contributed by atoms with Gasteiger partial charge in [-0.15, -0.1) is 11.6 Å². The Morgan fingerprint density at radius 1 is 1.44 bits per heavy atom. The Morgan fingerprint density at radius 3 is 3.00 bits per heavy atom. The second kappa shape index (κ2) is 4.49. The van der Waals surface area contributed by atoms with Crippen molar-refractivity contribution in [1.29, 1.82) is 0 Å². The number of amidine groups is 1. The molecule has 0 radical (unpaired) electrons. The molecule has 16 heavy (non-hydrogen) atoms. The molecule has 2 aromatic rings. The Hall–Kier alpha value is -1.61. The number of nitrogens with zero attached hydrogens (tertiary/aromatic N) is 2. The third-order valence-electron chi connectivity index (χ3n) is 2.35. The summed E-state index contributed by atoms with van der Waals surface area (Å²) in [5.41, 5.74) is 8.48. The van der Waals surface area contributed by atoms with E-state index in [1.165, 1.54) is 5.56 Å². The van der Waals surface area contributed by atoms with Crippen molar-refractivity contribution >= 4 is 34.0 Å². The van der Waals surface area contributed by atoms with Gasteiger partial charge in [0, 0.05) is 11.6 Å². The number of rotatable bonds is 2. The minimum Gasteiger partial charge on any atom is -0.386 e. The minimum absolute atomic E-state index is 0.235. The molecule has 0 aliphatic rings. The van der Waals surface area contributed by atoms with E-state index in [0.29, 0.717) is 5.84 Å². The molecule has 1 aromatic carbocycles. The lowest BCUT2D eigenvalue weighted by molar-refractivity contribution is 1.36. The van der Waals surface area contributed by atoms with E-state index in [1.807, 2.05) is 24.3 Å². The number of aromatic nitrogens is 1. The maximum absolute atomic E-state index is 5.58. The number of benzene rings is 1. The number of hydrogen-bond acceptors (Lipinski definition) is 2. The van der Waals surface area contributed by atoms with E-state index < -0.39 is 0 Å². The summed E-state index contributed by atoms with van der Waals surface area (Å²) in [5.74, 6) is 0.646. The van der Waals surface area contributed by atoms with Crippen LogP contribution in [-0.4, -0.2) is 16.7 Å². The number of pyridine rings is 1. The first-order valence-electron chi connectivity index (χ1n) is 4.95. The fraction of sp³-hybridized carbons (Fsp3) is 0.167. The molecule has 1 heterocycles. The van der Waals surface area contributed by atoms with Gasteiger partial charge in [0.2, 0.25) is 0 Å². The molecular weight excluding hydrogens is 222 g/mol. The zero-order chi connectivity index (χ0) is 11.5. The average molecular weight is 234 g/mol. The van der Waals surface area contributed by atoms with Gasteiger partial charge >= 0.3 is 0 Å². The van der Waals surface area contributed by atoms with Gasteiger partial charge in [-0.1, -0.05) is 6.07 Å². The average Bonchev–Trinajstić information content (AvgIpc) is 2.29. The van der Waals surface area contributed by atoms with Gasteiger partial charge in [-0.25, -0.2) is 4.99 Å². The SMILES string of the molecule is Cc1ccnc2cc(N=C(N)CCl)ccc12. The summed E-state index contributed by atoms with van der Waals surface area (Å²) in [6, 6.07) is 7.80. The van der Waals surface area contributed by atoms with Crippen LogP contribution in [0.3, 0.4) is 0 Å². The molecular formula is C12H12ClN3. The molecule has 0 fully saturated rings. The second-order valence-corrected chi connectivity index (χ2v) is 3.83. The summed E-state index contributed by atoms with van der Waals surface area (Å²) in [5, 5.41) is 1.13. The van der Waals surface area contributed by atoms with Crippen molar-refractivity contribution in [3.05, 3.63) is 36.0 Å². The van der Waals surface area contributed by atoms with Crippen LogP contribution in [0.5, 0.6) is 0 Å². The highest BCUT2D eigenvalue weighted by atomic mass is 35.5. The van der Waals surface area contributed by atoms with E-state index >= 15 is 0 Å². The molecule has 4 heteroatoms. The summed E-state index contributed by atoms with van der Waals surface area (Å²) in [4.78, 5) is 8.47. The number of hydrogen-bond donors (Lipinski definition) is 1. The highest BCUT2D eigenvalue weighted by molar-refractivity contribution is 6.28. The third kappa shape index (κ3) is 2.14. The molecule has 0 amide bonds. The van der Waals surface area contributed by atoms with Crippen LogP contribution in [-0.2, 0) is 0 Å². The van der Waals surface area contributed by atoms with Gasteiger partial charge < -0.3 is 5.73 Å². The Balaban J connectivity index is 2.53. The first-order valence-corrected chi connectivity index (χ1v) is 5.48. The summed E-state index contributed by atoms with van der Waals surface area (Å²) in [7, 11) is 0. The van der Waals surface area contributed by atoms with Crippen molar-refractivity contribution in [2.75, 3.05) is 5.88 Å². The summed E-state index contributed by atoms with van der Waals surface area (Å²) < 4.78 is 0. The number of alkyl halides is 1. The lowest BCUT2D eigenvalue weighted by Crippen LogP contribution is -2.12. The van der Waals surface area contributed by atoms with Gasteiger partial charge in [-0.3, -0.25) is 4.98 Å². The van der Waals surface area contributed by atoms with E-state index in [2.05, 4.69) is 16.9 Å². The second-order valence-electron chi connectivity index (χ2n) is 3.57. The first-order chi connectivity index (χ1) is 7.70. The van der Waals surface area contributed by atoms with Crippen LogP contribution in [0.2, 0.25) is 0 Å². The number of fused-ring (bicyclic) bond motifs is 1. The molecule has 0 aliphatic carbocycles. The van der Waals surface area contributed by atoms with Crippen molar-refractivity contribution in [3.8, 4) is 0 Å². The predicted molar refractivity (Wildman–Crippen MR) is 68.5 cm³/mol. The number of aliphatic imine (C=N–C) groups is 1. The Labute approximate surface area is 99.0 Å². The monoisotopic (exact) mass is 233 g/mol. The molecule has 2 rings (SSSR count). The molecule has 1 aromatic heterocycles. The van der Waals surface area contributed by atoms with Crippen molar-refractivity contribution in [3.63, 3.8) is 0 Å². The highest BCUT2D eigenvalue weighted by Crippen LogP contribution is 2.21. The molecule has 82 valence electrons. The van der Waals surface area contributed by atoms with E-state index in [4.69, 9.17) is 17.3 Å².